The maximum absolute atomic E-state index is 12.6. The molecule has 0 bridgehead atoms. The van der Waals surface area contributed by atoms with Crippen molar-refractivity contribution in [3.63, 3.8) is 0 Å². The Kier molecular flexibility index (Phi) is 4.37. The van der Waals surface area contributed by atoms with Gasteiger partial charge in [0.1, 0.15) is 0 Å². The van der Waals surface area contributed by atoms with E-state index < -0.39 is 11.4 Å². The zero-order valence-corrected chi connectivity index (χ0v) is 12.6. The number of carboxylic acids is 1. The third-order valence-corrected chi connectivity index (χ3v) is 5.08. The summed E-state index contributed by atoms with van der Waals surface area (Å²) in [4.78, 5) is 26.0. The molecule has 5 nitrogen and oxygen atoms in total. The van der Waals surface area contributed by atoms with E-state index in [0.717, 1.165) is 19.3 Å². The number of carbonyl (C=O) groups excluding carboxylic acids is 1. The molecular formula is C15H25NO4. The molecule has 0 aromatic heterocycles. The summed E-state index contributed by atoms with van der Waals surface area (Å²) in [6.45, 7) is 6.55. The van der Waals surface area contributed by atoms with Crippen LogP contribution in [0, 0.1) is 11.3 Å². The summed E-state index contributed by atoms with van der Waals surface area (Å²) in [5.41, 5.74) is -0.997. The van der Waals surface area contributed by atoms with Gasteiger partial charge in [0.25, 0.3) is 0 Å². The number of amides is 1. The van der Waals surface area contributed by atoms with Gasteiger partial charge in [0.2, 0.25) is 5.91 Å². The molecule has 0 aromatic rings. The van der Waals surface area contributed by atoms with Crippen LogP contribution < -0.4 is 0 Å². The normalized spacial score (nSPS) is 29.1. The number of nitrogens with zero attached hydrogens (tertiary/aromatic N) is 1. The molecule has 2 rings (SSSR count). The summed E-state index contributed by atoms with van der Waals surface area (Å²) in [7, 11) is 0. The molecule has 1 aliphatic heterocycles. The van der Waals surface area contributed by atoms with E-state index in [4.69, 9.17) is 4.74 Å². The summed E-state index contributed by atoms with van der Waals surface area (Å²) in [5.74, 6) is -1.01. The summed E-state index contributed by atoms with van der Waals surface area (Å²) < 4.78 is 5.70. The van der Waals surface area contributed by atoms with E-state index in [0.29, 0.717) is 13.2 Å². The van der Waals surface area contributed by atoms with Gasteiger partial charge in [0.05, 0.1) is 24.2 Å². The van der Waals surface area contributed by atoms with Crippen molar-refractivity contribution in [3.8, 4) is 0 Å². The fraction of sp³-hybridized carbons (Fsp3) is 0.867. The van der Waals surface area contributed by atoms with E-state index >= 15 is 0 Å². The molecule has 1 heterocycles. The van der Waals surface area contributed by atoms with E-state index in [1.165, 1.54) is 0 Å². The Hall–Kier alpha value is -1.10. The standard InChI is InChI=1S/C15H25NO4/c1-10(2)15(3,14(18)19)9-13(17)16-7-8-20-12-6-4-5-11(12)16/h10-12H,4-9H2,1-3H3,(H,18,19). The monoisotopic (exact) mass is 283 g/mol. The number of carbonyl (C=O) groups is 2. The number of ether oxygens (including phenoxy) is 1. The van der Waals surface area contributed by atoms with Gasteiger partial charge >= 0.3 is 5.97 Å². The first-order valence-corrected chi connectivity index (χ1v) is 7.50. The predicted molar refractivity (Wildman–Crippen MR) is 74.3 cm³/mol. The summed E-state index contributed by atoms with van der Waals surface area (Å²) >= 11 is 0. The molecule has 0 spiro atoms. The highest BCUT2D eigenvalue weighted by Gasteiger charge is 2.43. The van der Waals surface area contributed by atoms with E-state index in [1.807, 2.05) is 18.7 Å². The summed E-state index contributed by atoms with van der Waals surface area (Å²) in [6, 6.07) is 0.154. The van der Waals surface area contributed by atoms with E-state index in [9.17, 15) is 14.7 Å². The molecule has 1 saturated heterocycles. The minimum atomic E-state index is -0.997. The number of hydrogen-bond donors (Lipinski definition) is 1. The average Bonchev–Trinajstić information content (AvgIpc) is 2.85. The summed E-state index contributed by atoms with van der Waals surface area (Å²) in [6.07, 6.45) is 3.29. The van der Waals surface area contributed by atoms with Crippen LogP contribution in [0.1, 0.15) is 46.5 Å². The van der Waals surface area contributed by atoms with Crippen LogP contribution in [0.4, 0.5) is 0 Å². The molecule has 3 unspecified atom stereocenters. The highest BCUT2D eigenvalue weighted by atomic mass is 16.5. The molecule has 1 saturated carbocycles. The van der Waals surface area contributed by atoms with Crippen LogP contribution >= 0.6 is 0 Å². The Labute approximate surface area is 120 Å². The smallest absolute Gasteiger partial charge is 0.310 e. The Morgan fingerprint density at radius 3 is 2.70 bits per heavy atom. The van der Waals surface area contributed by atoms with Gasteiger partial charge in [-0.1, -0.05) is 13.8 Å². The van der Waals surface area contributed by atoms with Gasteiger partial charge in [-0.25, -0.2) is 0 Å². The van der Waals surface area contributed by atoms with Gasteiger partial charge in [-0.2, -0.15) is 0 Å². The highest BCUT2D eigenvalue weighted by Crippen LogP contribution is 2.35. The van der Waals surface area contributed by atoms with E-state index in [-0.39, 0.29) is 30.4 Å². The van der Waals surface area contributed by atoms with Crippen molar-refractivity contribution in [3.05, 3.63) is 0 Å². The Morgan fingerprint density at radius 2 is 2.10 bits per heavy atom. The van der Waals surface area contributed by atoms with Gasteiger partial charge in [0.15, 0.2) is 0 Å². The molecule has 114 valence electrons. The number of rotatable bonds is 4. The van der Waals surface area contributed by atoms with Crippen molar-refractivity contribution in [2.45, 2.75) is 58.6 Å². The fourth-order valence-corrected chi connectivity index (χ4v) is 3.18. The van der Waals surface area contributed by atoms with Crippen molar-refractivity contribution in [2.24, 2.45) is 11.3 Å². The first-order valence-electron chi connectivity index (χ1n) is 7.50. The van der Waals surface area contributed by atoms with Crippen LogP contribution in [0.3, 0.4) is 0 Å². The average molecular weight is 283 g/mol. The van der Waals surface area contributed by atoms with Crippen molar-refractivity contribution >= 4 is 11.9 Å². The van der Waals surface area contributed by atoms with E-state index in [1.54, 1.807) is 6.92 Å². The van der Waals surface area contributed by atoms with Crippen molar-refractivity contribution in [2.75, 3.05) is 13.2 Å². The van der Waals surface area contributed by atoms with Gasteiger partial charge < -0.3 is 14.7 Å². The molecule has 1 N–H and O–H groups in total. The lowest BCUT2D eigenvalue weighted by molar-refractivity contribution is -0.159. The highest BCUT2D eigenvalue weighted by molar-refractivity contribution is 5.85. The number of aliphatic carboxylic acids is 1. The Balaban J connectivity index is 2.09. The van der Waals surface area contributed by atoms with Crippen molar-refractivity contribution in [1.82, 2.24) is 4.90 Å². The molecule has 20 heavy (non-hydrogen) atoms. The minimum absolute atomic E-state index is 0.0381. The maximum atomic E-state index is 12.6. The van der Waals surface area contributed by atoms with Gasteiger partial charge in [-0.3, -0.25) is 9.59 Å². The van der Waals surface area contributed by atoms with Crippen molar-refractivity contribution < 1.29 is 19.4 Å². The van der Waals surface area contributed by atoms with Crippen molar-refractivity contribution in [1.29, 1.82) is 0 Å². The molecule has 3 atom stereocenters. The number of fused-ring (bicyclic) bond motifs is 1. The van der Waals surface area contributed by atoms with Crippen LogP contribution in [0.25, 0.3) is 0 Å². The molecule has 0 radical (unpaired) electrons. The first-order chi connectivity index (χ1) is 9.36. The van der Waals surface area contributed by atoms with Crippen LogP contribution in [-0.2, 0) is 14.3 Å². The minimum Gasteiger partial charge on any atom is -0.481 e. The molecule has 0 aromatic carbocycles. The van der Waals surface area contributed by atoms with Crippen LogP contribution in [0.2, 0.25) is 0 Å². The second kappa shape index (κ2) is 5.72. The van der Waals surface area contributed by atoms with Crippen LogP contribution in [-0.4, -0.2) is 47.2 Å². The predicted octanol–water partition coefficient (Wildman–Crippen LogP) is 1.90. The molecular weight excluding hydrogens is 258 g/mol. The van der Waals surface area contributed by atoms with Gasteiger partial charge in [0, 0.05) is 13.0 Å². The molecule has 1 aliphatic carbocycles. The second-order valence-corrected chi connectivity index (χ2v) is 6.55. The third kappa shape index (κ3) is 2.68. The molecule has 1 amide bonds. The SMILES string of the molecule is CC(C)C(C)(CC(=O)N1CCOC2CCCC21)C(=O)O. The van der Waals surface area contributed by atoms with Gasteiger partial charge in [-0.15, -0.1) is 0 Å². The topological polar surface area (TPSA) is 66.8 Å². The lowest BCUT2D eigenvalue weighted by Crippen LogP contribution is -2.53. The van der Waals surface area contributed by atoms with Gasteiger partial charge in [-0.05, 0) is 32.1 Å². The van der Waals surface area contributed by atoms with Crippen LogP contribution in [0.15, 0.2) is 0 Å². The quantitative estimate of drug-likeness (QED) is 0.855. The lowest BCUT2D eigenvalue weighted by Gasteiger charge is -2.39. The van der Waals surface area contributed by atoms with E-state index in [2.05, 4.69) is 0 Å². The molecule has 2 aliphatic rings. The zero-order chi connectivity index (χ0) is 14.9. The lowest BCUT2D eigenvalue weighted by atomic mass is 9.76. The first kappa shape index (κ1) is 15.3. The maximum Gasteiger partial charge on any atom is 0.310 e. The van der Waals surface area contributed by atoms with Crippen LogP contribution in [0.5, 0.6) is 0 Å². The number of carboxylic acid groups (broad SMARTS) is 1. The number of morpholine rings is 1. The molecule has 5 heteroatoms. The largest absolute Gasteiger partial charge is 0.481 e. The zero-order valence-electron chi connectivity index (χ0n) is 12.6. The molecule has 2 fully saturated rings. The summed E-state index contributed by atoms with van der Waals surface area (Å²) in [5, 5.41) is 9.44. The third-order valence-electron chi connectivity index (χ3n) is 5.08. The Bertz CT molecular complexity index is 395. The number of hydrogen-bond acceptors (Lipinski definition) is 3. The second-order valence-electron chi connectivity index (χ2n) is 6.55. The Morgan fingerprint density at radius 1 is 1.40 bits per heavy atom. The fourth-order valence-electron chi connectivity index (χ4n) is 3.18.